The van der Waals surface area contributed by atoms with E-state index in [0.29, 0.717) is 0 Å². The molecule has 1 heterocycles. The molecule has 1 saturated carbocycles. The maximum atomic E-state index is 5.66. The standard InChI is InChI=1S/C16H23N3O/c1-12(17-11-16(20-3)9-6-10-16)15-18-13-7-4-5-8-14(13)19(15)2/h4-5,7-8,12,17H,6,9-11H2,1-3H3. The number of hydrogen-bond acceptors (Lipinski definition) is 3. The molecule has 1 atom stereocenters. The van der Waals surface area contributed by atoms with Crippen molar-refractivity contribution < 1.29 is 4.74 Å². The van der Waals surface area contributed by atoms with Gasteiger partial charge in [-0.05, 0) is 38.3 Å². The van der Waals surface area contributed by atoms with Gasteiger partial charge in [-0.25, -0.2) is 4.98 Å². The van der Waals surface area contributed by atoms with E-state index in [9.17, 15) is 0 Å². The van der Waals surface area contributed by atoms with Gasteiger partial charge in [-0.3, -0.25) is 0 Å². The Balaban J connectivity index is 1.75. The summed E-state index contributed by atoms with van der Waals surface area (Å²) in [6.07, 6.45) is 3.59. The molecule has 20 heavy (non-hydrogen) atoms. The quantitative estimate of drug-likeness (QED) is 0.910. The van der Waals surface area contributed by atoms with Crippen molar-refractivity contribution in [2.75, 3.05) is 13.7 Å². The number of nitrogens with one attached hydrogen (secondary N) is 1. The lowest BCUT2D eigenvalue weighted by atomic mass is 9.80. The molecule has 4 nitrogen and oxygen atoms in total. The molecule has 1 unspecified atom stereocenters. The van der Waals surface area contributed by atoms with Crippen molar-refractivity contribution >= 4 is 11.0 Å². The van der Waals surface area contributed by atoms with Gasteiger partial charge in [0.2, 0.25) is 0 Å². The number of rotatable bonds is 5. The molecule has 2 aromatic rings. The van der Waals surface area contributed by atoms with E-state index < -0.39 is 0 Å². The van der Waals surface area contributed by atoms with Crippen molar-refractivity contribution in [2.45, 2.75) is 37.8 Å². The molecule has 0 radical (unpaired) electrons. The molecule has 3 rings (SSSR count). The highest BCUT2D eigenvalue weighted by atomic mass is 16.5. The Kier molecular flexibility index (Phi) is 3.52. The monoisotopic (exact) mass is 273 g/mol. The Labute approximate surface area is 120 Å². The zero-order valence-corrected chi connectivity index (χ0v) is 12.5. The van der Waals surface area contributed by atoms with Crippen molar-refractivity contribution in [2.24, 2.45) is 7.05 Å². The van der Waals surface area contributed by atoms with E-state index in [2.05, 4.69) is 42.1 Å². The van der Waals surface area contributed by atoms with Gasteiger partial charge >= 0.3 is 0 Å². The van der Waals surface area contributed by atoms with Crippen molar-refractivity contribution in [3.05, 3.63) is 30.1 Å². The molecule has 1 aromatic heterocycles. The van der Waals surface area contributed by atoms with Gasteiger partial charge in [0.25, 0.3) is 0 Å². The molecule has 1 aromatic carbocycles. The predicted molar refractivity (Wildman–Crippen MR) is 80.7 cm³/mol. The van der Waals surface area contributed by atoms with Crippen LogP contribution in [-0.4, -0.2) is 28.8 Å². The van der Waals surface area contributed by atoms with Crippen LogP contribution in [0.3, 0.4) is 0 Å². The first-order chi connectivity index (χ1) is 9.65. The van der Waals surface area contributed by atoms with Crippen molar-refractivity contribution in [1.29, 1.82) is 0 Å². The van der Waals surface area contributed by atoms with E-state index >= 15 is 0 Å². The second-order valence-corrected chi connectivity index (χ2v) is 5.86. The van der Waals surface area contributed by atoms with Gasteiger partial charge in [-0.2, -0.15) is 0 Å². The zero-order chi connectivity index (χ0) is 14.2. The second kappa shape index (κ2) is 5.19. The van der Waals surface area contributed by atoms with Crippen LogP contribution < -0.4 is 5.32 Å². The van der Waals surface area contributed by atoms with Crippen molar-refractivity contribution in [3.8, 4) is 0 Å². The number of aromatic nitrogens is 2. The summed E-state index contributed by atoms with van der Waals surface area (Å²) in [5.41, 5.74) is 2.30. The average Bonchev–Trinajstić information content (AvgIpc) is 2.76. The molecule has 108 valence electrons. The number of ether oxygens (including phenoxy) is 1. The van der Waals surface area contributed by atoms with E-state index in [1.54, 1.807) is 0 Å². The third-order valence-corrected chi connectivity index (χ3v) is 4.64. The Morgan fingerprint density at radius 3 is 2.75 bits per heavy atom. The Morgan fingerprint density at radius 1 is 1.40 bits per heavy atom. The van der Waals surface area contributed by atoms with Gasteiger partial charge in [-0.1, -0.05) is 12.1 Å². The average molecular weight is 273 g/mol. The lowest BCUT2D eigenvalue weighted by molar-refractivity contribution is -0.0708. The first-order valence-corrected chi connectivity index (χ1v) is 7.35. The maximum Gasteiger partial charge on any atom is 0.126 e. The van der Waals surface area contributed by atoms with Crippen molar-refractivity contribution in [3.63, 3.8) is 0 Å². The van der Waals surface area contributed by atoms with Crippen molar-refractivity contribution in [1.82, 2.24) is 14.9 Å². The Hall–Kier alpha value is -1.39. The second-order valence-electron chi connectivity index (χ2n) is 5.86. The molecular weight excluding hydrogens is 250 g/mol. The molecule has 4 heteroatoms. The molecular formula is C16H23N3O. The third-order valence-electron chi connectivity index (χ3n) is 4.64. The molecule has 0 amide bonds. The van der Waals surface area contributed by atoms with Crippen LogP contribution in [0, 0.1) is 0 Å². The fraction of sp³-hybridized carbons (Fsp3) is 0.562. The molecule has 1 N–H and O–H groups in total. The third kappa shape index (κ3) is 2.23. The number of fused-ring (bicyclic) bond motifs is 1. The van der Waals surface area contributed by atoms with Crippen LogP contribution in [-0.2, 0) is 11.8 Å². The van der Waals surface area contributed by atoms with Gasteiger partial charge in [0.05, 0.1) is 22.7 Å². The number of aryl methyl sites for hydroxylation is 1. The van der Waals surface area contributed by atoms with Crippen LogP contribution in [0.25, 0.3) is 11.0 Å². The van der Waals surface area contributed by atoms with Gasteiger partial charge in [0.15, 0.2) is 0 Å². The summed E-state index contributed by atoms with van der Waals surface area (Å²) in [7, 11) is 3.90. The minimum Gasteiger partial charge on any atom is -0.377 e. The van der Waals surface area contributed by atoms with Crippen LogP contribution >= 0.6 is 0 Å². The number of benzene rings is 1. The van der Waals surface area contributed by atoms with E-state index in [-0.39, 0.29) is 11.6 Å². The van der Waals surface area contributed by atoms with Gasteiger partial charge in [0.1, 0.15) is 5.82 Å². The lowest BCUT2D eigenvalue weighted by Gasteiger charge is -2.41. The molecule has 1 fully saturated rings. The van der Waals surface area contributed by atoms with Crippen LogP contribution in [0.2, 0.25) is 0 Å². The normalized spacial score (nSPS) is 18.9. The molecule has 0 spiro atoms. The molecule has 0 aliphatic heterocycles. The molecule has 1 aliphatic rings. The van der Waals surface area contributed by atoms with Gasteiger partial charge in [0, 0.05) is 20.7 Å². The molecule has 0 bridgehead atoms. The number of nitrogens with zero attached hydrogens (tertiary/aromatic N) is 2. The SMILES string of the molecule is COC1(CNC(C)c2nc3ccccc3n2C)CCC1. The fourth-order valence-electron chi connectivity index (χ4n) is 3.01. The number of methoxy groups -OCH3 is 1. The van der Waals surface area contributed by atoms with Gasteiger partial charge in [-0.15, -0.1) is 0 Å². The highest BCUT2D eigenvalue weighted by Gasteiger charge is 2.37. The van der Waals surface area contributed by atoms with E-state index in [0.717, 1.165) is 30.7 Å². The smallest absolute Gasteiger partial charge is 0.126 e. The first-order valence-electron chi connectivity index (χ1n) is 7.35. The minimum absolute atomic E-state index is 0.0544. The summed E-state index contributed by atoms with van der Waals surface area (Å²) in [4.78, 5) is 4.74. The predicted octanol–water partition coefficient (Wildman–Crippen LogP) is 2.79. The summed E-state index contributed by atoms with van der Waals surface area (Å²) in [6.45, 7) is 3.07. The van der Waals surface area contributed by atoms with E-state index in [4.69, 9.17) is 9.72 Å². The largest absolute Gasteiger partial charge is 0.377 e. The summed E-state index contributed by atoms with van der Waals surface area (Å²) < 4.78 is 7.83. The number of imidazole rings is 1. The van der Waals surface area contributed by atoms with Crippen LogP contribution in [0.15, 0.2) is 24.3 Å². The zero-order valence-electron chi connectivity index (χ0n) is 12.5. The molecule has 1 aliphatic carbocycles. The van der Waals surface area contributed by atoms with Crippen LogP contribution in [0.5, 0.6) is 0 Å². The van der Waals surface area contributed by atoms with E-state index in [1.165, 1.54) is 11.9 Å². The highest BCUT2D eigenvalue weighted by Crippen LogP contribution is 2.34. The summed E-state index contributed by atoms with van der Waals surface area (Å²) in [5.74, 6) is 1.08. The van der Waals surface area contributed by atoms with Crippen LogP contribution in [0.4, 0.5) is 0 Å². The topological polar surface area (TPSA) is 39.1 Å². The number of para-hydroxylation sites is 2. The lowest BCUT2D eigenvalue weighted by Crippen LogP contribution is -2.48. The Bertz CT molecular complexity index is 595. The summed E-state index contributed by atoms with van der Waals surface area (Å²) in [5, 5.41) is 3.59. The van der Waals surface area contributed by atoms with E-state index in [1.807, 2.05) is 13.2 Å². The van der Waals surface area contributed by atoms with Crippen LogP contribution in [0.1, 0.15) is 38.1 Å². The summed E-state index contributed by atoms with van der Waals surface area (Å²) >= 11 is 0. The summed E-state index contributed by atoms with van der Waals surface area (Å²) in [6, 6.07) is 8.49. The first kappa shape index (κ1) is 13.6. The minimum atomic E-state index is 0.0544. The fourth-order valence-corrected chi connectivity index (χ4v) is 3.01. The molecule has 0 saturated heterocycles. The number of hydrogen-bond donors (Lipinski definition) is 1. The van der Waals surface area contributed by atoms with Gasteiger partial charge < -0.3 is 14.6 Å². The Morgan fingerprint density at radius 2 is 2.15 bits per heavy atom. The maximum absolute atomic E-state index is 5.66. The highest BCUT2D eigenvalue weighted by molar-refractivity contribution is 5.75.